The molecule has 0 unspecified atom stereocenters. The Morgan fingerprint density at radius 2 is 1.78 bits per heavy atom. The van der Waals surface area contributed by atoms with Crippen molar-refractivity contribution >= 4 is 22.0 Å². The molecule has 3 aliphatic heterocycles. The van der Waals surface area contributed by atoms with Crippen molar-refractivity contribution in [3.8, 4) is 0 Å². The highest BCUT2D eigenvalue weighted by Crippen LogP contribution is 2.30. The molecule has 0 aliphatic carbocycles. The number of nitrogens with one attached hydrogen (secondary N) is 1. The molecule has 1 aromatic carbocycles. The third kappa shape index (κ3) is 5.73. The summed E-state index contributed by atoms with van der Waals surface area (Å²) in [6.45, 7) is 5.88. The third-order valence-electron chi connectivity index (χ3n) is 7.84. The van der Waals surface area contributed by atoms with Crippen molar-refractivity contribution in [3.63, 3.8) is 0 Å². The van der Waals surface area contributed by atoms with E-state index in [1.807, 2.05) is 34.2 Å². The molecule has 2 saturated heterocycles. The van der Waals surface area contributed by atoms with E-state index in [2.05, 4.69) is 41.3 Å². The van der Waals surface area contributed by atoms with Crippen molar-refractivity contribution in [1.29, 1.82) is 0 Å². The Bertz CT molecular complexity index is 1220. The number of aromatic nitrogens is 2. The van der Waals surface area contributed by atoms with E-state index in [9.17, 15) is 13.2 Å². The van der Waals surface area contributed by atoms with Crippen LogP contribution in [0, 0.1) is 0 Å². The van der Waals surface area contributed by atoms with Crippen LogP contribution < -0.4 is 5.32 Å². The number of hydrogen-bond donors (Lipinski definition) is 1. The van der Waals surface area contributed by atoms with Gasteiger partial charge in [0.1, 0.15) is 0 Å². The van der Waals surface area contributed by atoms with Crippen molar-refractivity contribution in [1.82, 2.24) is 29.0 Å². The van der Waals surface area contributed by atoms with Gasteiger partial charge in [-0.2, -0.15) is 0 Å². The highest BCUT2D eigenvalue weighted by molar-refractivity contribution is 7.88. The summed E-state index contributed by atoms with van der Waals surface area (Å²) < 4.78 is 25.1. The number of fused-ring (bicyclic) bond motifs is 1. The van der Waals surface area contributed by atoms with E-state index in [1.54, 1.807) is 0 Å². The average Bonchev–Trinajstić information content (AvgIpc) is 2.88. The smallest absolute Gasteiger partial charge is 0.321 e. The fourth-order valence-corrected chi connectivity index (χ4v) is 6.48. The van der Waals surface area contributed by atoms with E-state index in [0.717, 1.165) is 36.3 Å². The lowest BCUT2D eigenvalue weighted by Crippen LogP contribution is -2.56. The Morgan fingerprint density at radius 1 is 1.05 bits per heavy atom. The molecular formula is C26H37N7O3S. The monoisotopic (exact) mass is 527 g/mol. The topological polar surface area (TPSA) is 102 Å². The van der Waals surface area contributed by atoms with Gasteiger partial charge in [0.25, 0.3) is 0 Å². The molecule has 2 atom stereocenters. The van der Waals surface area contributed by atoms with Gasteiger partial charge in [0.05, 0.1) is 24.5 Å². The second-order valence-electron chi connectivity index (χ2n) is 10.6. The number of sulfonamides is 1. The van der Waals surface area contributed by atoms with Crippen LogP contribution in [0.2, 0.25) is 0 Å². The minimum absolute atomic E-state index is 0.0153. The number of nitrogens with zero attached hydrogens (tertiary/aromatic N) is 6. The molecule has 2 amide bonds. The molecular weight excluding hydrogens is 490 g/mol. The molecule has 0 radical (unpaired) electrons. The van der Waals surface area contributed by atoms with Gasteiger partial charge in [-0.05, 0) is 44.4 Å². The van der Waals surface area contributed by atoms with Crippen molar-refractivity contribution in [2.75, 3.05) is 51.3 Å². The largest absolute Gasteiger partial charge is 0.351 e. The maximum atomic E-state index is 13.9. The molecule has 37 heavy (non-hydrogen) atoms. The van der Waals surface area contributed by atoms with E-state index in [0.29, 0.717) is 45.0 Å². The summed E-state index contributed by atoms with van der Waals surface area (Å²) in [6, 6.07) is 10.5. The van der Waals surface area contributed by atoms with Gasteiger partial charge in [-0.1, -0.05) is 30.3 Å². The van der Waals surface area contributed by atoms with Crippen LogP contribution in [-0.2, 0) is 23.0 Å². The lowest BCUT2D eigenvalue weighted by molar-refractivity contribution is 0.0717. The number of carbonyl (C=O) groups excluding carboxylic acids is 1. The summed E-state index contributed by atoms with van der Waals surface area (Å²) in [6.07, 6.45) is 5.26. The van der Waals surface area contributed by atoms with Crippen LogP contribution in [-0.4, -0.2) is 102 Å². The first-order valence-corrected chi connectivity index (χ1v) is 14.9. The summed E-state index contributed by atoms with van der Waals surface area (Å²) in [7, 11) is -1.05. The van der Waals surface area contributed by atoms with Gasteiger partial charge in [0.2, 0.25) is 16.0 Å². The standard InChI is InChI=1S/C26H37N7O3S/c1-19-15-21-16-27-25(28-22-9-11-31(12-10-22)37(3,35)36)29-23(21)17-33(19)26(34)32-14-13-30(2)18-24(32)20-7-5-4-6-8-20/h4-8,16,19,22,24H,9-15,17-18H2,1-3H3,(H,27,28,29)/t19-,24-/m1/s1. The zero-order chi connectivity index (χ0) is 26.2. The summed E-state index contributed by atoms with van der Waals surface area (Å²) in [5, 5.41) is 3.39. The Balaban J connectivity index is 1.29. The first-order chi connectivity index (χ1) is 17.7. The maximum absolute atomic E-state index is 13.9. The normalized spacial score (nSPS) is 24.1. The van der Waals surface area contributed by atoms with Crippen LogP contribution in [0.5, 0.6) is 0 Å². The summed E-state index contributed by atoms with van der Waals surface area (Å²) in [5.41, 5.74) is 3.11. The van der Waals surface area contributed by atoms with Crippen molar-refractivity contribution in [3.05, 3.63) is 53.3 Å². The number of piperidine rings is 1. The number of rotatable bonds is 4. The zero-order valence-electron chi connectivity index (χ0n) is 21.9. The van der Waals surface area contributed by atoms with Gasteiger partial charge in [0, 0.05) is 51.0 Å². The molecule has 1 N–H and O–H groups in total. The van der Waals surface area contributed by atoms with Crippen LogP contribution in [0.1, 0.15) is 42.6 Å². The minimum atomic E-state index is -3.16. The van der Waals surface area contributed by atoms with Gasteiger partial charge >= 0.3 is 6.03 Å². The Kier molecular flexibility index (Phi) is 7.37. The predicted molar refractivity (Wildman–Crippen MR) is 143 cm³/mol. The SMILES string of the molecule is C[C@@H]1Cc2cnc(NC3CCN(S(C)(=O)=O)CC3)nc2CN1C(=O)N1CCN(C)C[C@@H]1c1ccccc1. The number of amides is 2. The first-order valence-electron chi connectivity index (χ1n) is 13.1. The molecule has 2 aromatic rings. The molecule has 3 aliphatic rings. The van der Waals surface area contributed by atoms with Crippen molar-refractivity contribution in [2.24, 2.45) is 0 Å². The highest BCUT2D eigenvalue weighted by atomic mass is 32.2. The molecule has 2 fully saturated rings. The molecule has 1 aromatic heterocycles. The maximum Gasteiger partial charge on any atom is 0.321 e. The van der Waals surface area contributed by atoms with Crippen LogP contribution in [0.25, 0.3) is 0 Å². The number of benzene rings is 1. The van der Waals surface area contributed by atoms with Crippen LogP contribution in [0.3, 0.4) is 0 Å². The number of anilines is 1. The number of hydrogen-bond acceptors (Lipinski definition) is 7. The summed E-state index contributed by atoms with van der Waals surface area (Å²) in [5.74, 6) is 0.542. The Morgan fingerprint density at radius 3 is 2.49 bits per heavy atom. The van der Waals surface area contributed by atoms with Gasteiger partial charge in [-0.15, -0.1) is 0 Å². The Labute approximate surface area is 219 Å². The molecule has 0 spiro atoms. The summed E-state index contributed by atoms with van der Waals surface area (Å²) in [4.78, 5) is 29.5. The van der Waals surface area contributed by atoms with E-state index in [4.69, 9.17) is 4.98 Å². The molecule has 10 nitrogen and oxygen atoms in total. The van der Waals surface area contributed by atoms with Gasteiger partial charge in [-0.3, -0.25) is 0 Å². The quantitative estimate of drug-likeness (QED) is 0.650. The number of urea groups is 1. The highest BCUT2D eigenvalue weighted by Gasteiger charge is 2.37. The molecule has 5 rings (SSSR count). The fourth-order valence-electron chi connectivity index (χ4n) is 5.61. The molecule has 0 bridgehead atoms. The van der Waals surface area contributed by atoms with E-state index in [-0.39, 0.29) is 24.2 Å². The van der Waals surface area contributed by atoms with E-state index >= 15 is 0 Å². The zero-order valence-corrected chi connectivity index (χ0v) is 22.7. The van der Waals surface area contributed by atoms with E-state index < -0.39 is 10.0 Å². The first kappa shape index (κ1) is 25.9. The average molecular weight is 528 g/mol. The second kappa shape index (κ2) is 10.5. The van der Waals surface area contributed by atoms with Crippen LogP contribution in [0.4, 0.5) is 10.7 Å². The van der Waals surface area contributed by atoms with Gasteiger partial charge < -0.3 is 20.0 Å². The number of likely N-dealkylation sites (N-methyl/N-ethyl adjacent to an activating group) is 1. The molecule has 200 valence electrons. The third-order valence-corrected chi connectivity index (χ3v) is 9.14. The van der Waals surface area contributed by atoms with E-state index in [1.165, 1.54) is 10.6 Å². The van der Waals surface area contributed by atoms with Gasteiger partial charge in [-0.25, -0.2) is 27.5 Å². The van der Waals surface area contributed by atoms with Crippen molar-refractivity contribution < 1.29 is 13.2 Å². The van der Waals surface area contributed by atoms with Crippen LogP contribution in [0.15, 0.2) is 36.5 Å². The number of piperazine rings is 1. The molecule has 11 heteroatoms. The predicted octanol–water partition coefficient (Wildman–Crippen LogP) is 2.17. The lowest BCUT2D eigenvalue weighted by Gasteiger charge is -2.44. The van der Waals surface area contributed by atoms with Gasteiger partial charge in [0.15, 0.2) is 0 Å². The number of carbonyl (C=O) groups is 1. The molecule has 4 heterocycles. The second-order valence-corrected chi connectivity index (χ2v) is 12.6. The summed E-state index contributed by atoms with van der Waals surface area (Å²) >= 11 is 0. The minimum Gasteiger partial charge on any atom is -0.351 e. The fraction of sp³-hybridized carbons (Fsp3) is 0.577. The Hall–Kier alpha value is -2.76. The van der Waals surface area contributed by atoms with Crippen molar-refractivity contribution in [2.45, 2.75) is 50.9 Å². The molecule has 0 saturated carbocycles. The van der Waals surface area contributed by atoms with Crippen LogP contribution >= 0.6 is 0 Å². The lowest BCUT2D eigenvalue weighted by atomic mass is 9.99.